The van der Waals surface area contributed by atoms with E-state index in [1.807, 2.05) is 17.0 Å². The molecule has 1 aromatic rings. The molecule has 1 aromatic carbocycles. The largest absolute Gasteiger partial charge is 0.357 e. The lowest BCUT2D eigenvalue weighted by Crippen LogP contribution is -2.55. The van der Waals surface area contributed by atoms with Gasteiger partial charge in [0.15, 0.2) is 0 Å². The molecule has 1 N–H and O–H groups in total. The summed E-state index contributed by atoms with van der Waals surface area (Å²) in [4.78, 5) is 13.8. The van der Waals surface area contributed by atoms with Gasteiger partial charge in [-0.3, -0.25) is 4.79 Å². The van der Waals surface area contributed by atoms with Crippen LogP contribution in [0.5, 0.6) is 0 Å². The second-order valence-corrected chi connectivity index (χ2v) is 4.38. The summed E-state index contributed by atoms with van der Waals surface area (Å²) in [5.74, 6) is -0.0534. The minimum absolute atomic E-state index is 0.0534. The van der Waals surface area contributed by atoms with Gasteiger partial charge < -0.3 is 10.2 Å². The van der Waals surface area contributed by atoms with Crippen molar-refractivity contribution >= 4 is 11.6 Å². The van der Waals surface area contributed by atoms with Crippen molar-refractivity contribution in [2.45, 2.75) is 25.8 Å². The maximum absolute atomic E-state index is 11.8. The van der Waals surface area contributed by atoms with Crippen LogP contribution < -0.4 is 10.2 Å². The van der Waals surface area contributed by atoms with E-state index in [0.717, 1.165) is 18.7 Å². The maximum atomic E-state index is 11.8. The van der Waals surface area contributed by atoms with Crippen molar-refractivity contribution in [2.75, 3.05) is 18.0 Å². The molecule has 1 saturated heterocycles. The molecule has 0 spiro atoms. The van der Waals surface area contributed by atoms with Crippen molar-refractivity contribution in [3.8, 4) is 6.07 Å². The molecular weight excluding hydrogens is 226 g/mol. The first-order valence-electron chi connectivity index (χ1n) is 6.26. The van der Waals surface area contributed by atoms with Gasteiger partial charge in [0.05, 0.1) is 12.5 Å². The minimum atomic E-state index is -0.365. The van der Waals surface area contributed by atoms with E-state index in [4.69, 9.17) is 5.26 Å². The molecule has 1 aliphatic heterocycles. The van der Waals surface area contributed by atoms with Crippen LogP contribution in [0.25, 0.3) is 0 Å². The molecule has 1 heterocycles. The van der Waals surface area contributed by atoms with E-state index in [-0.39, 0.29) is 18.4 Å². The number of anilines is 1. The molecule has 1 aliphatic rings. The summed E-state index contributed by atoms with van der Waals surface area (Å²) in [7, 11) is 0. The Hall–Kier alpha value is -2.02. The van der Waals surface area contributed by atoms with Gasteiger partial charge in [0.1, 0.15) is 6.04 Å². The summed E-state index contributed by atoms with van der Waals surface area (Å²) < 4.78 is 0. The summed E-state index contributed by atoms with van der Waals surface area (Å²) in [5.41, 5.74) is 2.29. The zero-order valence-electron chi connectivity index (χ0n) is 10.5. The van der Waals surface area contributed by atoms with Crippen LogP contribution in [0, 0.1) is 11.3 Å². The molecule has 0 bridgehead atoms. The van der Waals surface area contributed by atoms with Crippen LogP contribution in [0.4, 0.5) is 5.69 Å². The number of nitriles is 1. The van der Waals surface area contributed by atoms with E-state index in [2.05, 4.69) is 30.4 Å². The highest BCUT2D eigenvalue weighted by atomic mass is 16.2. The molecule has 94 valence electrons. The number of nitrogens with zero attached hydrogens (tertiary/aromatic N) is 2. The second kappa shape index (κ2) is 5.54. The van der Waals surface area contributed by atoms with Crippen molar-refractivity contribution < 1.29 is 4.79 Å². The van der Waals surface area contributed by atoms with Gasteiger partial charge in [-0.15, -0.1) is 0 Å². The zero-order chi connectivity index (χ0) is 13.0. The summed E-state index contributed by atoms with van der Waals surface area (Å²) in [6.45, 7) is 3.50. The Balaban J connectivity index is 2.22. The van der Waals surface area contributed by atoms with Crippen LogP contribution in [-0.4, -0.2) is 25.0 Å². The highest BCUT2D eigenvalue weighted by Crippen LogP contribution is 2.21. The van der Waals surface area contributed by atoms with Crippen molar-refractivity contribution in [3.05, 3.63) is 29.8 Å². The molecule has 1 amide bonds. The highest BCUT2D eigenvalue weighted by Gasteiger charge is 2.29. The molecule has 4 nitrogen and oxygen atoms in total. The molecule has 0 aliphatic carbocycles. The Kier molecular flexibility index (Phi) is 3.83. The second-order valence-electron chi connectivity index (χ2n) is 4.38. The third kappa shape index (κ3) is 2.45. The van der Waals surface area contributed by atoms with Gasteiger partial charge in [0.25, 0.3) is 0 Å². The van der Waals surface area contributed by atoms with E-state index in [1.165, 1.54) is 5.56 Å². The molecule has 1 unspecified atom stereocenters. The number of nitrogens with one attached hydrogen (secondary N) is 1. The standard InChI is InChI=1S/C14H17N3O/c1-2-11-3-5-12(6-4-11)17-10-9-16-14(18)13(17)7-8-15/h3-6,13H,2,7,9-10H2,1H3,(H,16,18). The molecule has 18 heavy (non-hydrogen) atoms. The van der Waals surface area contributed by atoms with Crippen molar-refractivity contribution in [2.24, 2.45) is 0 Å². The first kappa shape index (κ1) is 12.4. The molecular formula is C14H17N3O. The van der Waals surface area contributed by atoms with Crippen LogP contribution in [0.3, 0.4) is 0 Å². The fourth-order valence-corrected chi connectivity index (χ4v) is 2.24. The third-order valence-corrected chi connectivity index (χ3v) is 3.29. The van der Waals surface area contributed by atoms with Gasteiger partial charge in [0.2, 0.25) is 5.91 Å². The fourth-order valence-electron chi connectivity index (χ4n) is 2.24. The predicted octanol–water partition coefficient (Wildman–Crippen LogP) is 1.47. The normalized spacial score (nSPS) is 19.2. The van der Waals surface area contributed by atoms with Crippen LogP contribution in [0.1, 0.15) is 18.9 Å². The Morgan fingerprint density at radius 1 is 1.44 bits per heavy atom. The number of hydrogen-bond acceptors (Lipinski definition) is 3. The zero-order valence-corrected chi connectivity index (χ0v) is 10.5. The maximum Gasteiger partial charge on any atom is 0.243 e. The number of amides is 1. The van der Waals surface area contributed by atoms with E-state index in [1.54, 1.807) is 0 Å². The first-order chi connectivity index (χ1) is 8.76. The van der Waals surface area contributed by atoms with E-state index < -0.39 is 0 Å². The molecule has 4 heteroatoms. The summed E-state index contributed by atoms with van der Waals surface area (Å²) in [6, 6.07) is 9.93. The number of benzene rings is 1. The lowest BCUT2D eigenvalue weighted by molar-refractivity contribution is -0.123. The van der Waals surface area contributed by atoms with Crippen molar-refractivity contribution in [1.29, 1.82) is 5.26 Å². The smallest absolute Gasteiger partial charge is 0.243 e. The van der Waals surface area contributed by atoms with Crippen LogP contribution in [-0.2, 0) is 11.2 Å². The molecule has 1 fully saturated rings. The molecule has 0 radical (unpaired) electrons. The van der Waals surface area contributed by atoms with Gasteiger partial charge in [0, 0.05) is 18.8 Å². The predicted molar refractivity (Wildman–Crippen MR) is 70.2 cm³/mol. The molecule has 0 aromatic heterocycles. The minimum Gasteiger partial charge on any atom is -0.357 e. The van der Waals surface area contributed by atoms with E-state index in [0.29, 0.717) is 6.54 Å². The number of hydrogen-bond donors (Lipinski definition) is 1. The lowest BCUT2D eigenvalue weighted by Gasteiger charge is -2.35. The van der Waals surface area contributed by atoms with Crippen molar-refractivity contribution in [3.63, 3.8) is 0 Å². The van der Waals surface area contributed by atoms with Gasteiger partial charge in [-0.2, -0.15) is 5.26 Å². The summed E-state index contributed by atoms with van der Waals surface area (Å²) >= 11 is 0. The number of carbonyl (C=O) groups is 1. The molecule has 0 saturated carbocycles. The van der Waals surface area contributed by atoms with Gasteiger partial charge >= 0.3 is 0 Å². The third-order valence-electron chi connectivity index (χ3n) is 3.29. The Bertz CT molecular complexity index is 461. The fraction of sp³-hybridized carbons (Fsp3) is 0.429. The Morgan fingerprint density at radius 2 is 2.17 bits per heavy atom. The van der Waals surface area contributed by atoms with E-state index in [9.17, 15) is 4.79 Å². The van der Waals surface area contributed by atoms with Gasteiger partial charge in [-0.1, -0.05) is 19.1 Å². The number of carbonyl (C=O) groups excluding carboxylic acids is 1. The quantitative estimate of drug-likeness (QED) is 0.874. The Morgan fingerprint density at radius 3 is 2.78 bits per heavy atom. The van der Waals surface area contributed by atoms with Crippen LogP contribution in [0.2, 0.25) is 0 Å². The Labute approximate surface area is 107 Å². The van der Waals surface area contributed by atoms with Gasteiger partial charge in [-0.25, -0.2) is 0 Å². The van der Waals surface area contributed by atoms with Crippen molar-refractivity contribution in [1.82, 2.24) is 5.32 Å². The van der Waals surface area contributed by atoms with Gasteiger partial charge in [-0.05, 0) is 24.1 Å². The lowest BCUT2D eigenvalue weighted by atomic mass is 10.1. The monoisotopic (exact) mass is 243 g/mol. The molecule has 2 rings (SSSR count). The average Bonchev–Trinajstić information content (AvgIpc) is 2.41. The number of aryl methyl sites for hydroxylation is 1. The summed E-state index contributed by atoms with van der Waals surface area (Å²) in [6.07, 6.45) is 1.23. The topological polar surface area (TPSA) is 56.1 Å². The highest BCUT2D eigenvalue weighted by molar-refractivity contribution is 5.86. The van der Waals surface area contributed by atoms with E-state index >= 15 is 0 Å². The average molecular weight is 243 g/mol. The van der Waals surface area contributed by atoms with Crippen LogP contribution in [0.15, 0.2) is 24.3 Å². The SMILES string of the molecule is CCc1ccc(N2CCNC(=O)C2CC#N)cc1. The number of rotatable bonds is 3. The number of piperazine rings is 1. The van der Waals surface area contributed by atoms with Crippen LogP contribution >= 0.6 is 0 Å². The summed E-state index contributed by atoms with van der Waals surface area (Å²) in [5, 5.41) is 11.6. The first-order valence-corrected chi connectivity index (χ1v) is 6.26. The molecule has 1 atom stereocenters.